The van der Waals surface area contributed by atoms with E-state index in [0.29, 0.717) is 23.7 Å². The highest BCUT2D eigenvalue weighted by atomic mass is 35.5. The predicted octanol–water partition coefficient (Wildman–Crippen LogP) is 5.27. The zero-order valence-electron chi connectivity index (χ0n) is 17.0. The summed E-state index contributed by atoms with van der Waals surface area (Å²) in [6.45, 7) is 3.63. The third-order valence-electron chi connectivity index (χ3n) is 4.65. The Balaban J connectivity index is 1.97. The molecule has 0 aliphatic rings. The maximum absolute atomic E-state index is 13.4. The van der Waals surface area contributed by atoms with Crippen molar-refractivity contribution < 1.29 is 9.21 Å². The summed E-state index contributed by atoms with van der Waals surface area (Å²) in [6.07, 6.45) is 1.62. The van der Waals surface area contributed by atoms with Crippen molar-refractivity contribution >= 4 is 28.9 Å². The van der Waals surface area contributed by atoms with E-state index in [0.717, 1.165) is 29.2 Å². The van der Waals surface area contributed by atoms with E-state index in [1.807, 2.05) is 43.3 Å². The van der Waals surface area contributed by atoms with Crippen molar-refractivity contribution in [3.05, 3.63) is 82.8 Å². The lowest BCUT2D eigenvalue weighted by atomic mass is 10.1. The standard InChI is InChI=1S/C23H26ClN3O2/c1-4-25-22-12-11-18(26(2)3)14-17(22)15-27(16-19-8-7-13-29-19)23(28)20-9-5-6-10-21(20)24/h5-14,25H,4,15-16H2,1-3H3. The second-order valence-electron chi connectivity index (χ2n) is 6.99. The van der Waals surface area contributed by atoms with Crippen LogP contribution in [0.1, 0.15) is 28.6 Å². The van der Waals surface area contributed by atoms with Gasteiger partial charge in [0.15, 0.2) is 0 Å². The van der Waals surface area contributed by atoms with Crippen LogP contribution in [-0.4, -0.2) is 31.4 Å². The molecule has 5 nitrogen and oxygen atoms in total. The van der Waals surface area contributed by atoms with Gasteiger partial charge in [-0.2, -0.15) is 0 Å². The lowest BCUT2D eigenvalue weighted by Crippen LogP contribution is -2.30. The molecule has 0 unspecified atom stereocenters. The van der Waals surface area contributed by atoms with Crippen LogP contribution in [0.4, 0.5) is 11.4 Å². The minimum Gasteiger partial charge on any atom is -0.467 e. The maximum atomic E-state index is 13.4. The molecule has 6 heteroatoms. The molecule has 1 N–H and O–H groups in total. The Kier molecular flexibility index (Phi) is 6.83. The van der Waals surface area contributed by atoms with E-state index in [1.54, 1.807) is 23.3 Å². The van der Waals surface area contributed by atoms with Gasteiger partial charge in [-0.25, -0.2) is 0 Å². The number of furan rings is 1. The van der Waals surface area contributed by atoms with Gasteiger partial charge in [-0.3, -0.25) is 4.79 Å². The molecule has 3 aromatic rings. The van der Waals surface area contributed by atoms with E-state index in [2.05, 4.69) is 30.4 Å². The van der Waals surface area contributed by atoms with Crippen LogP contribution in [-0.2, 0) is 13.1 Å². The largest absolute Gasteiger partial charge is 0.467 e. The summed E-state index contributed by atoms with van der Waals surface area (Å²) in [4.78, 5) is 17.2. The van der Waals surface area contributed by atoms with Crippen molar-refractivity contribution in [3.8, 4) is 0 Å². The lowest BCUT2D eigenvalue weighted by molar-refractivity contribution is 0.0718. The summed E-state index contributed by atoms with van der Waals surface area (Å²) in [5.41, 5.74) is 3.60. The minimum absolute atomic E-state index is 0.135. The molecular weight excluding hydrogens is 386 g/mol. The molecule has 0 radical (unpaired) electrons. The number of hydrogen-bond acceptors (Lipinski definition) is 4. The normalized spacial score (nSPS) is 10.6. The number of nitrogens with zero attached hydrogens (tertiary/aromatic N) is 2. The van der Waals surface area contributed by atoms with Crippen molar-refractivity contribution in [3.63, 3.8) is 0 Å². The summed E-state index contributed by atoms with van der Waals surface area (Å²) >= 11 is 6.31. The van der Waals surface area contributed by atoms with Crippen LogP contribution in [0.5, 0.6) is 0 Å². The van der Waals surface area contributed by atoms with Gasteiger partial charge in [0.05, 0.1) is 23.4 Å². The molecule has 3 rings (SSSR count). The molecule has 2 aromatic carbocycles. The van der Waals surface area contributed by atoms with Gasteiger partial charge < -0.3 is 19.5 Å². The summed E-state index contributed by atoms with van der Waals surface area (Å²) in [5, 5.41) is 3.83. The van der Waals surface area contributed by atoms with Crippen molar-refractivity contribution in [1.82, 2.24) is 4.90 Å². The first-order valence-electron chi connectivity index (χ1n) is 9.60. The maximum Gasteiger partial charge on any atom is 0.256 e. The van der Waals surface area contributed by atoms with E-state index in [9.17, 15) is 4.79 Å². The van der Waals surface area contributed by atoms with Crippen LogP contribution in [0.3, 0.4) is 0 Å². The zero-order valence-corrected chi connectivity index (χ0v) is 17.7. The molecule has 0 aliphatic carbocycles. The molecular formula is C23H26ClN3O2. The number of hydrogen-bond donors (Lipinski definition) is 1. The van der Waals surface area contributed by atoms with E-state index in [-0.39, 0.29) is 5.91 Å². The van der Waals surface area contributed by atoms with Crippen LogP contribution in [0.2, 0.25) is 5.02 Å². The molecule has 0 atom stereocenters. The lowest BCUT2D eigenvalue weighted by Gasteiger charge is -2.25. The van der Waals surface area contributed by atoms with Crippen molar-refractivity contribution in [2.75, 3.05) is 30.9 Å². The fourth-order valence-corrected chi connectivity index (χ4v) is 3.37. The van der Waals surface area contributed by atoms with E-state index < -0.39 is 0 Å². The Hall–Kier alpha value is -2.92. The number of halogens is 1. The Morgan fingerprint density at radius 1 is 1.07 bits per heavy atom. The first-order chi connectivity index (χ1) is 14.0. The van der Waals surface area contributed by atoms with Crippen LogP contribution >= 0.6 is 11.6 Å². The molecule has 0 bridgehead atoms. The van der Waals surface area contributed by atoms with E-state index >= 15 is 0 Å². The first kappa shape index (κ1) is 20.8. The van der Waals surface area contributed by atoms with Gasteiger partial charge in [0.1, 0.15) is 5.76 Å². The molecule has 1 aromatic heterocycles. The zero-order chi connectivity index (χ0) is 20.8. The Morgan fingerprint density at radius 2 is 1.86 bits per heavy atom. The van der Waals surface area contributed by atoms with Gasteiger partial charge in [-0.1, -0.05) is 23.7 Å². The fraction of sp³-hybridized carbons (Fsp3) is 0.261. The molecule has 29 heavy (non-hydrogen) atoms. The van der Waals surface area contributed by atoms with Crippen LogP contribution in [0, 0.1) is 0 Å². The van der Waals surface area contributed by atoms with Gasteiger partial charge in [-0.05, 0) is 55.0 Å². The van der Waals surface area contributed by atoms with Gasteiger partial charge >= 0.3 is 0 Å². The summed E-state index contributed by atoms with van der Waals surface area (Å²) < 4.78 is 5.51. The van der Waals surface area contributed by atoms with Gasteiger partial charge in [0, 0.05) is 38.6 Å². The van der Waals surface area contributed by atoms with E-state index in [4.69, 9.17) is 16.0 Å². The molecule has 0 aliphatic heterocycles. The number of anilines is 2. The highest BCUT2D eigenvalue weighted by molar-refractivity contribution is 6.33. The van der Waals surface area contributed by atoms with Crippen molar-refractivity contribution in [1.29, 1.82) is 0 Å². The average Bonchev–Trinajstić information content (AvgIpc) is 3.22. The fourth-order valence-electron chi connectivity index (χ4n) is 3.15. The second kappa shape index (κ2) is 9.52. The Morgan fingerprint density at radius 3 is 2.52 bits per heavy atom. The smallest absolute Gasteiger partial charge is 0.256 e. The topological polar surface area (TPSA) is 48.7 Å². The number of carbonyl (C=O) groups is 1. The van der Waals surface area contributed by atoms with Crippen molar-refractivity contribution in [2.45, 2.75) is 20.0 Å². The van der Waals surface area contributed by atoms with Gasteiger partial charge in [-0.15, -0.1) is 0 Å². The molecule has 0 saturated heterocycles. The van der Waals surface area contributed by atoms with Crippen LogP contribution < -0.4 is 10.2 Å². The Labute approximate surface area is 176 Å². The van der Waals surface area contributed by atoms with Crippen LogP contribution in [0.25, 0.3) is 0 Å². The summed E-state index contributed by atoms with van der Waals surface area (Å²) in [6, 6.07) is 17.0. The monoisotopic (exact) mass is 411 g/mol. The molecule has 0 fully saturated rings. The quantitative estimate of drug-likeness (QED) is 0.548. The second-order valence-corrected chi connectivity index (χ2v) is 7.39. The molecule has 0 spiro atoms. The Bertz CT molecular complexity index is 955. The molecule has 152 valence electrons. The van der Waals surface area contributed by atoms with Crippen LogP contribution in [0.15, 0.2) is 65.3 Å². The highest BCUT2D eigenvalue weighted by Gasteiger charge is 2.21. The molecule has 1 heterocycles. The van der Waals surface area contributed by atoms with Gasteiger partial charge in [0.25, 0.3) is 5.91 Å². The number of carbonyl (C=O) groups excluding carboxylic acids is 1. The minimum atomic E-state index is -0.135. The first-order valence-corrected chi connectivity index (χ1v) is 9.97. The van der Waals surface area contributed by atoms with Crippen molar-refractivity contribution in [2.24, 2.45) is 0 Å². The molecule has 1 amide bonds. The summed E-state index contributed by atoms with van der Waals surface area (Å²) in [7, 11) is 4.00. The highest BCUT2D eigenvalue weighted by Crippen LogP contribution is 2.26. The third kappa shape index (κ3) is 5.12. The number of benzene rings is 2. The third-order valence-corrected chi connectivity index (χ3v) is 4.98. The van der Waals surface area contributed by atoms with Gasteiger partial charge in [0.2, 0.25) is 0 Å². The summed E-state index contributed by atoms with van der Waals surface area (Å²) in [5.74, 6) is 0.587. The number of rotatable bonds is 8. The number of nitrogens with one attached hydrogen (secondary N) is 1. The molecule has 0 saturated carbocycles. The SMILES string of the molecule is CCNc1ccc(N(C)C)cc1CN(Cc1ccco1)C(=O)c1ccccc1Cl. The predicted molar refractivity (Wildman–Crippen MR) is 119 cm³/mol. The van der Waals surface area contributed by atoms with E-state index in [1.165, 1.54) is 0 Å². The average molecular weight is 412 g/mol. The number of amides is 1.